The van der Waals surface area contributed by atoms with Crippen molar-refractivity contribution in [2.45, 2.75) is 24.8 Å². The Morgan fingerprint density at radius 1 is 1.32 bits per heavy atom. The van der Waals surface area contributed by atoms with Crippen LogP contribution in [0.1, 0.15) is 24.3 Å². The predicted molar refractivity (Wildman–Crippen MR) is 80.9 cm³/mol. The molecule has 5 nitrogen and oxygen atoms in total. The van der Waals surface area contributed by atoms with Gasteiger partial charge in [0.25, 0.3) is 0 Å². The molecule has 2 heterocycles. The van der Waals surface area contributed by atoms with E-state index in [1.165, 1.54) is 12.1 Å². The van der Waals surface area contributed by atoms with Crippen LogP contribution < -0.4 is 5.32 Å². The largest absolute Gasteiger partial charge is 0.334 e. The molecule has 1 aromatic carbocycles. The number of amides is 2. The second-order valence-corrected chi connectivity index (χ2v) is 8.26. The first-order valence-electron chi connectivity index (χ1n) is 7.44. The lowest BCUT2D eigenvalue weighted by atomic mass is 9.98. The molecule has 3 rings (SSSR count). The van der Waals surface area contributed by atoms with Crippen molar-refractivity contribution in [3.05, 3.63) is 35.6 Å². The number of carbonyl (C=O) groups excluding carboxylic acids is 1. The summed E-state index contributed by atoms with van der Waals surface area (Å²) in [6.45, 7) is 1.14. The van der Waals surface area contributed by atoms with Gasteiger partial charge in [-0.2, -0.15) is 0 Å². The molecule has 2 fully saturated rings. The molecule has 0 aliphatic carbocycles. The Hall–Kier alpha value is -1.63. The van der Waals surface area contributed by atoms with Crippen molar-refractivity contribution < 1.29 is 17.6 Å². The van der Waals surface area contributed by atoms with Crippen LogP contribution in [0.3, 0.4) is 0 Å². The number of nitrogens with zero attached hydrogens (tertiary/aromatic N) is 1. The highest BCUT2D eigenvalue weighted by molar-refractivity contribution is 7.91. The first kappa shape index (κ1) is 15.3. The van der Waals surface area contributed by atoms with Crippen molar-refractivity contribution in [2.75, 3.05) is 24.6 Å². The van der Waals surface area contributed by atoms with Gasteiger partial charge in [0.15, 0.2) is 9.84 Å². The normalized spacial score (nSPS) is 27.0. The number of rotatable bonds is 2. The zero-order valence-corrected chi connectivity index (χ0v) is 13.0. The van der Waals surface area contributed by atoms with Gasteiger partial charge >= 0.3 is 6.03 Å². The van der Waals surface area contributed by atoms with Crippen LogP contribution in [-0.2, 0) is 9.84 Å². The van der Waals surface area contributed by atoms with Crippen LogP contribution in [0.15, 0.2) is 24.3 Å². The number of benzene rings is 1. The average molecular weight is 326 g/mol. The van der Waals surface area contributed by atoms with Crippen molar-refractivity contribution in [1.29, 1.82) is 0 Å². The fourth-order valence-corrected chi connectivity index (χ4v) is 4.83. The highest BCUT2D eigenvalue weighted by Crippen LogP contribution is 2.27. The van der Waals surface area contributed by atoms with Crippen LogP contribution in [-0.4, -0.2) is 50.0 Å². The molecule has 2 amide bonds. The molecular formula is C15H19FN2O3S. The third-order valence-corrected chi connectivity index (χ3v) is 6.12. The summed E-state index contributed by atoms with van der Waals surface area (Å²) in [6, 6.07) is 5.96. The van der Waals surface area contributed by atoms with Gasteiger partial charge in [-0.3, -0.25) is 0 Å². The maximum atomic E-state index is 13.3. The Morgan fingerprint density at radius 2 is 2.14 bits per heavy atom. The molecule has 1 N–H and O–H groups in total. The predicted octanol–water partition coefficient (Wildman–Crippen LogP) is 1.51. The molecule has 7 heteroatoms. The Labute approximate surface area is 129 Å². The van der Waals surface area contributed by atoms with Crippen molar-refractivity contribution in [1.82, 2.24) is 10.2 Å². The van der Waals surface area contributed by atoms with Crippen molar-refractivity contribution >= 4 is 15.9 Å². The van der Waals surface area contributed by atoms with Crippen molar-refractivity contribution in [3.8, 4) is 0 Å². The van der Waals surface area contributed by atoms with Crippen molar-refractivity contribution in [2.24, 2.45) is 0 Å². The molecule has 0 saturated carbocycles. The molecule has 0 radical (unpaired) electrons. The van der Waals surface area contributed by atoms with E-state index < -0.39 is 9.84 Å². The summed E-state index contributed by atoms with van der Waals surface area (Å²) in [5.74, 6) is 0.0364. The number of urea groups is 1. The van der Waals surface area contributed by atoms with Crippen LogP contribution in [0.5, 0.6) is 0 Å². The number of halogens is 1. The van der Waals surface area contributed by atoms with Crippen LogP contribution >= 0.6 is 0 Å². The summed E-state index contributed by atoms with van der Waals surface area (Å²) in [5.41, 5.74) is 0.902. The average Bonchev–Trinajstić information content (AvgIpc) is 3.06. The van der Waals surface area contributed by atoms with Crippen molar-refractivity contribution in [3.63, 3.8) is 0 Å². The molecule has 2 aliphatic rings. The maximum absolute atomic E-state index is 13.3. The highest BCUT2D eigenvalue weighted by atomic mass is 32.2. The SMILES string of the molecule is O=C(N[C@@H]1CCS(=O)(=O)C1)N1CC[C@@H](c2cccc(F)c2)C1. The third kappa shape index (κ3) is 3.40. The van der Waals surface area contributed by atoms with E-state index in [1.54, 1.807) is 11.0 Å². The second-order valence-electron chi connectivity index (χ2n) is 6.04. The van der Waals surface area contributed by atoms with E-state index >= 15 is 0 Å². The molecule has 0 spiro atoms. The van der Waals surface area contributed by atoms with Crippen LogP contribution in [0.25, 0.3) is 0 Å². The van der Waals surface area contributed by atoms with Gasteiger partial charge in [-0.05, 0) is 30.5 Å². The number of sulfone groups is 1. The van der Waals surface area contributed by atoms with Gasteiger partial charge in [-0.25, -0.2) is 17.6 Å². The topological polar surface area (TPSA) is 66.5 Å². The van der Waals surface area contributed by atoms with Crippen LogP contribution in [0.4, 0.5) is 9.18 Å². The molecule has 2 atom stereocenters. The van der Waals surface area contributed by atoms with E-state index in [0.29, 0.717) is 19.5 Å². The summed E-state index contributed by atoms with van der Waals surface area (Å²) >= 11 is 0. The van der Waals surface area contributed by atoms with E-state index in [-0.39, 0.29) is 35.3 Å². The summed E-state index contributed by atoms with van der Waals surface area (Å²) < 4.78 is 36.1. The summed E-state index contributed by atoms with van der Waals surface area (Å²) in [4.78, 5) is 13.9. The van der Waals surface area contributed by atoms with E-state index in [0.717, 1.165) is 12.0 Å². The monoisotopic (exact) mass is 326 g/mol. The zero-order valence-electron chi connectivity index (χ0n) is 12.2. The summed E-state index contributed by atoms with van der Waals surface area (Å²) in [5, 5.41) is 2.79. The molecule has 2 saturated heterocycles. The summed E-state index contributed by atoms with van der Waals surface area (Å²) in [7, 11) is -3.00. The highest BCUT2D eigenvalue weighted by Gasteiger charge is 2.32. The number of hydrogen-bond donors (Lipinski definition) is 1. The molecule has 0 unspecified atom stereocenters. The Balaban J connectivity index is 1.57. The molecule has 2 aliphatic heterocycles. The van der Waals surface area contributed by atoms with Gasteiger partial charge in [-0.15, -0.1) is 0 Å². The van der Waals surface area contributed by atoms with Gasteiger partial charge in [0.1, 0.15) is 5.82 Å². The summed E-state index contributed by atoms with van der Waals surface area (Å²) in [6.07, 6.45) is 1.27. The van der Waals surface area contributed by atoms with E-state index in [4.69, 9.17) is 0 Å². The number of hydrogen-bond acceptors (Lipinski definition) is 3. The molecule has 22 heavy (non-hydrogen) atoms. The molecule has 0 bridgehead atoms. The van der Waals surface area contributed by atoms with Crippen LogP contribution in [0, 0.1) is 5.82 Å². The van der Waals surface area contributed by atoms with Gasteiger partial charge in [0.2, 0.25) is 0 Å². The lowest BCUT2D eigenvalue weighted by Crippen LogP contribution is -2.44. The third-order valence-electron chi connectivity index (χ3n) is 4.36. The van der Waals surface area contributed by atoms with Gasteiger partial charge < -0.3 is 10.2 Å². The molecular weight excluding hydrogens is 307 g/mol. The minimum absolute atomic E-state index is 0.0277. The smallest absolute Gasteiger partial charge is 0.317 e. The first-order valence-corrected chi connectivity index (χ1v) is 9.26. The van der Waals surface area contributed by atoms with Crippen LogP contribution in [0.2, 0.25) is 0 Å². The Kier molecular flexibility index (Phi) is 4.08. The molecule has 120 valence electrons. The van der Waals surface area contributed by atoms with E-state index in [9.17, 15) is 17.6 Å². The minimum Gasteiger partial charge on any atom is -0.334 e. The number of likely N-dealkylation sites (tertiary alicyclic amines) is 1. The number of nitrogens with one attached hydrogen (secondary N) is 1. The van der Waals surface area contributed by atoms with E-state index in [2.05, 4.69) is 5.32 Å². The molecule has 1 aromatic rings. The maximum Gasteiger partial charge on any atom is 0.317 e. The lowest BCUT2D eigenvalue weighted by molar-refractivity contribution is 0.205. The van der Waals surface area contributed by atoms with Gasteiger partial charge in [0.05, 0.1) is 11.5 Å². The first-order chi connectivity index (χ1) is 10.4. The Bertz CT molecular complexity index is 677. The van der Waals surface area contributed by atoms with E-state index in [1.807, 2.05) is 6.07 Å². The van der Waals surface area contributed by atoms with Gasteiger partial charge in [-0.1, -0.05) is 12.1 Å². The minimum atomic E-state index is -3.00. The fourth-order valence-electron chi connectivity index (χ4n) is 3.15. The fraction of sp³-hybridized carbons (Fsp3) is 0.533. The van der Waals surface area contributed by atoms with Gasteiger partial charge in [0, 0.05) is 25.0 Å². The second kappa shape index (κ2) is 5.87. The molecule has 0 aromatic heterocycles. The quantitative estimate of drug-likeness (QED) is 0.896. The lowest BCUT2D eigenvalue weighted by Gasteiger charge is -2.20. The number of carbonyl (C=O) groups is 1. The zero-order chi connectivity index (χ0) is 15.7. The Morgan fingerprint density at radius 3 is 2.82 bits per heavy atom. The standard InChI is InChI=1S/C15H19FN2O3S/c16-13-3-1-2-11(8-13)12-4-6-18(9-12)15(19)17-14-5-7-22(20,21)10-14/h1-3,8,12,14H,4-7,9-10H2,(H,17,19)/t12-,14-/m1/s1.